The van der Waals surface area contributed by atoms with Crippen LogP contribution in [0, 0.1) is 0 Å². The van der Waals surface area contributed by atoms with E-state index in [1.54, 1.807) is 6.20 Å². The summed E-state index contributed by atoms with van der Waals surface area (Å²) in [4.78, 5) is 16.4. The van der Waals surface area contributed by atoms with Gasteiger partial charge in [-0.05, 0) is 42.5 Å². The number of carbonyl (C=O) groups excluding carboxylic acids is 1. The average Bonchev–Trinajstić information content (AvgIpc) is 2.59. The first kappa shape index (κ1) is 19.2. The minimum absolute atomic E-state index is 0.121. The molecule has 25 heavy (non-hydrogen) atoms. The second-order valence-corrected chi connectivity index (χ2v) is 8.29. The van der Waals surface area contributed by atoms with Gasteiger partial charge in [0.25, 0.3) is 5.91 Å². The van der Waals surface area contributed by atoms with Gasteiger partial charge in [0.1, 0.15) is 0 Å². The van der Waals surface area contributed by atoms with E-state index < -0.39 is 0 Å². The first-order chi connectivity index (χ1) is 11.8. The number of nitrogens with zero attached hydrogens (tertiary/aromatic N) is 2. The van der Waals surface area contributed by atoms with Crippen molar-refractivity contribution in [3.63, 3.8) is 0 Å². The Kier molecular flexibility index (Phi) is 6.37. The quantitative estimate of drug-likeness (QED) is 0.491. The first-order valence-corrected chi connectivity index (χ1v) is 9.18. The fourth-order valence-electron chi connectivity index (χ4n) is 2.16. The Morgan fingerprint density at radius 1 is 1.16 bits per heavy atom. The zero-order chi connectivity index (χ0) is 18.4. The predicted molar refractivity (Wildman–Crippen MR) is 105 cm³/mol. The molecule has 5 heteroatoms. The van der Waals surface area contributed by atoms with Crippen LogP contribution in [0.4, 0.5) is 0 Å². The van der Waals surface area contributed by atoms with Gasteiger partial charge in [-0.3, -0.25) is 4.79 Å². The molecule has 1 N–H and O–H groups in total. The maximum absolute atomic E-state index is 12.2. The molecule has 0 bridgehead atoms. The van der Waals surface area contributed by atoms with Crippen LogP contribution in [0.5, 0.6) is 0 Å². The molecular formula is C20H25N3OS. The van der Waals surface area contributed by atoms with Gasteiger partial charge in [-0.2, -0.15) is 5.10 Å². The number of nitrogens with one attached hydrogen (secondary N) is 1. The Bertz CT molecular complexity index is 734. The van der Waals surface area contributed by atoms with Gasteiger partial charge in [-0.15, -0.1) is 0 Å². The lowest BCUT2D eigenvalue weighted by molar-refractivity contribution is -0.120. The van der Waals surface area contributed by atoms with Crippen LogP contribution in [0.25, 0.3) is 0 Å². The normalized spacial score (nSPS) is 13.4. The number of hydrogen-bond donors (Lipinski definition) is 1. The Hall–Kier alpha value is -2.14. The SMILES string of the molecule is C/C(=N/NC(=O)[C@@H](C)Sc1ccccn1)c1ccc(C(C)(C)C)cc1. The number of rotatable bonds is 5. The van der Waals surface area contributed by atoms with Crippen molar-refractivity contribution in [2.75, 3.05) is 0 Å². The molecule has 2 rings (SSSR count). The van der Waals surface area contributed by atoms with E-state index in [9.17, 15) is 4.79 Å². The average molecular weight is 356 g/mol. The number of amides is 1. The minimum atomic E-state index is -0.269. The van der Waals surface area contributed by atoms with Gasteiger partial charge in [0.15, 0.2) is 0 Å². The number of hydrazone groups is 1. The zero-order valence-corrected chi connectivity index (χ0v) is 16.2. The number of thioether (sulfide) groups is 1. The van der Waals surface area contributed by atoms with Crippen LogP contribution < -0.4 is 5.43 Å². The van der Waals surface area contributed by atoms with Crippen molar-refractivity contribution in [1.82, 2.24) is 10.4 Å². The molecule has 0 saturated carbocycles. The Balaban J connectivity index is 1.96. The highest BCUT2D eigenvalue weighted by atomic mass is 32.2. The number of hydrogen-bond acceptors (Lipinski definition) is 4. The van der Waals surface area contributed by atoms with Gasteiger partial charge in [0, 0.05) is 6.20 Å². The van der Waals surface area contributed by atoms with Gasteiger partial charge >= 0.3 is 0 Å². The van der Waals surface area contributed by atoms with Gasteiger partial charge in [-0.1, -0.05) is 62.9 Å². The fraction of sp³-hybridized carbons (Fsp3) is 0.350. The molecule has 4 nitrogen and oxygen atoms in total. The summed E-state index contributed by atoms with van der Waals surface area (Å²) in [5.74, 6) is -0.138. The third-order valence-corrected chi connectivity index (χ3v) is 4.86. The van der Waals surface area contributed by atoms with E-state index in [1.165, 1.54) is 17.3 Å². The van der Waals surface area contributed by atoms with E-state index in [4.69, 9.17) is 0 Å². The van der Waals surface area contributed by atoms with Gasteiger partial charge in [0.05, 0.1) is 16.0 Å². The summed E-state index contributed by atoms with van der Waals surface area (Å²) in [6.45, 7) is 10.3. The molecule has 1 atom stereocenters. The lowest BCUT2D eigenvalue weighted by atomic mass is 9.86. The summed E-state index contributed by atoms with van der Waals surface area (Å²) in [7, 11) is 0. The molecular weight excluding hydrogens is 330 g/mol. The molecule has 0 radical (unpaired) electrons. The highest BCUT2D eigenvalue weighted by molar-refractivity contribution is 8.00. The highest BCUT2D eigenvalue weighted by Gasteiger charge is 2.15. The summed E-state index contributed by atoms with van der Waals surface area (Å²) < 4.78 is 0. The summed E-state index contributed by atoms with van der Waals surface area (Å²) in [5, 5.41) is 4.79. The van der Waals surface area contributed by atoms with Crippen molar-refractivity contribution in [2.45, 2.75) is 50.3 Å². The molecule has 0 unspecified atom stereocenters. The molecule has 0 spiro atoms. The number of pyridine rings is 1. The van der Waals surface area contributed by atoms with Crippen LogP contribution >= 0.6 is 11.8 Å². The second kappa shape index (κ2) is 8.30. The molecule has 1 aromatic carbocycles. The third-order valence-electron chi connectivity index (χ3n) is 3.81. The van der Waals surface area contributed by atoms with Crippen LogP contribution in [0.1, 0.15) is 45.7 Å². The molecule has 132 valence electrons. The van der Waals surface area contributed by atoms with Crippen LogP contribution in [-0.4, -0.2) is 21.9 Å². The first-order valence-electron chi connectivity index (χ1n) is 8.30. The molecule has 1 aromatic heterocycles. The van der Waals surface area contributed by atoms with Gasteiger partial charge in [0.2, 0.25) is 0 Å². The summed E-state index contributed by atoms with van der Waals surface area (Å²) >= 11 is 1.41. The fourth-order valence-corrected chi connectivity index (χ4v) is 2.96. The van der Waals surface area contributed by atoms with Crippen molar-refractivity contribution in [3.05, 3.63) is 59.8 Å². The minimum Gasteiger partial charge on any atom is -0.272 e. The second-order valence-electron chi connectivity index (χ2n) is 6.93. The van der Waals surface area contributed by atoms with Crippen LogP contribution in [0.15, 0.2) is 58.8 Å². The predicted octanol–water partition coefficient (Wildman–Crippen LogP) is 4.40. The van der Waals surface area contributed by atoms with E-state index in [-0.39, 0.29) is 16.6 Å². The highest BCUT2D eigenvalue weighted by Crippen LogP contribution is 2.22. The largest absolute Gasteiger partial charge is 0.272 e. The molecule has 1 amide bonds. The monoisotopic (exact) mass is 355 g/mol. The van der Waals surface area contributed by atoms with Crippen LogP contribution in [-0.2, 0) is 10.2 Å². The van der Waals surface area contributed by atoms with E-state index in [1.807, 2.05) is 44.2 Å². The van der Waals surface area contributed by atoms with Crippen LogP contribution in [0.2, 0.25) is 0 Å². The standard InChI is InChI=1S/C20H25N3OS/c1-14(16-9-11-17(12-10-16)20(3,4)5)22-23-19(24)15(2)25-18-8-6-7-13-21-18/h6-13,15H,1-5H3,(H,23,24)/b22-14-/t15-/m1/s1. The third kappa shape index (κ3) is 5.71. The Morgan fingerprint density at radius 3 is 2.40 bits per heavy atom. The van der Waals surface area contributed by atoms with Crippen molar-refractivity contribution in [3.8, 4) is 0 Å². The molecule has 1 heterocycles. The van der Waals surface area contributed by atoms with E-state index in [2.05, 4.69) is 48.4 Å². The zero-order valence-electron chi connectivity index (χ0n) is 15.4. The smallest absolute Gasteiger partial charge is 0.253 e. The van der Waals surface area contributed by atoms with Crippen molar-refractivity contribution in [1.29, 1.82) is 0 Å². The molecule has 0 aliphatic rings. The Morgan fingerprint density at radius 2 is 1.84 bits per heavy atom. The molecule has 0 saturated heterocycles. The van der Waals surface area contributed by atoms with Crippen molar-refractivity contribution in [2.24, 2.45) is 5.10 Å². The topological polar surface area (TPSA) is 54.4 Å². The molecule has 0 aliphatic heterocycles. The van der Waals surface area contributed by atoms with Gasteiger partial charge < -0.3 is 0 Å². The Labute approximate surface area is 154 Å². The van der Waals surface area contributed by atoms with E-state index >= 15 is 0 Å². The molecule has 0 fully saturated rings. The summed E-state index contributed by atoms with van der Waals surface area (Å²) in [5.41, 5.74) is 5.82. The number of carbonyl (C=O) groups is 1. The van der Waals surface area contributed by atoms with Crippen LogP contribution in [0.3, 0.4) is 0 Å². The summed E-state index contributed by atoms with van der Waals surface area (Å²) in [6.07, 6.45) is 1.72. The van der Waals surface area contributed by atoms with Crippen molar-refractivity contribution >= 4 is 23.4 Å². The molecule has 0 aliphatic carbocycles. The number of benzene rings is 1. The lowest BCUT2D eigenvalue weighted by Gasteiger charge is -2.19. The van der Waals surface area contributed by atoms with E-state index in [0.29, 0.717) is 0 Å². The number of aromatic nitrogens is 1. The van der Waals surface area contributed by atoms with Gasteiger partial charge in [-0.25, -0.2) is 10.4 Å². The maximum Gasteiger partial charge on any atom is 0.253 e. The van der Waals surface area contributed by atoms with Crippen molar-refractivity contribution < 1.29 is 4.79 Å². The lowest BCUT2D eigenvalue weighted by Crippen LogP contribution is -2.27. The summed E-state index contributed by atoms with van der Waals surface area (Å²) in [6, 6.07) is 13.9. The van der Waals surface area contributed by atoms with E-state index in [0.717, 1.165) is 16.3 Å². The molecule has 2 aromatic rings. The maximum atomic E-state index is 12.2.